The van der Waals surface area contributed by atoms with Gasteiger partial charge in [-0.3, -0.25) is 9.59 Å². The standard InChI is InChI=1S/C20H19ClN2O3S/c1-20-10-9-18(24)23(20)16(12-27-20)19(25)22-15-11-13(21)7-8-17(15)26-14-5-3-2-4-6-14/h2-8,11,16H,9-10,12H2,1H3,(H,22,25)/t16-,20-/m1/s1. The van der Waals surface area contributed by atoms with Crippen molar-refractivity contribution in [3.8, 4) is 11.5 Å². The number of nitrogens with one attached hydrogen (secondary N) is 1. The highest BCUT2D eigenvalue weighted by atomic mass is 35.5. The Hall–Kier alpha value is -2.18. The number of anilines is 1. The minimum atomic E-state index is -0.487. The molecule has 0 aromatic heterocycles. The number of amides is 2. The van der Waals surface area contributed by atoms with Crippen LogP contribution in [0.3, 0.4) is 0 Å². The number of nitrogens with zero attached hydrogens (tertiary/aromatic N) is 1. The van der Waals surface area contributed by atoms with Crippen LogP contribution in [0.1, 0.15) is 19.8 Å². The highest BCUT2D eigenvalue weighted by Crippen LogP contribution is 2.47. The maximum absolute atomic E-state index is 12.9. The largest absolute Gasteiger partial charge is 0.455 e. The van der Waals surface area contributed by atoms with Gasteiger partial charge in [-0.1, -0.05) is 29.8 Å². The van der Waals surface area contributed by atoms with Gasteiger partial charge in [0.25, 0.3) is 0 Å². The van der Waals surface area contributed by atoms with E-state index < -0.39 is 6.04 Å². The van der Waals surface area contributed by atoms with Crippen molar-refractivity contribution in [1.29, 1.82) is 0 Å². The van der Waals surface area contributed by atoms with E-state index in [1.807, 2.05) is 37.3 Å². The molecule has 4 rings (SSSR count). The van der Waals surface area contributed by atoms with Crippen molar-refractivity contribution < 1.29 is 14.3 Å². The minimum Gasteiger partial charge on any atom is -0.455 e. The molecule has 2 aliphatic heterocycles. The average Bonchev–Trinajstić information content (AvgIpc) is 3.14. The van der Waals surface area contributed by atoms with Crippen LogP contribution < -0.4 is 10.1 Å². The Morgan fingerprint density at radius 2 is 2.07 bits per heavy atom. The molecule has 2 atom stereocenters. The van der Waals surface area contributed by atoms with Crippen molar-refractivity contribution in [1.82, 2.24) is 4.90 Å². The van der Waals surface area contributed by atoms with E-state index in [0.29, 0.717) is 34.4 Å². The van der Waals surface area contributed by atoms with Crippen LogP contribution in [0.15, 0.2) is 48.5 Å². The Labute approximate surface area is 167 Å². The molecule has 7 heteroatoms. The Balaban J connectivity index is 1.56. The Morgan fingerprint density at radius 3 is 2.85 bits per heavy atom. The maximum Gasteiger partial charge on any atom is 0.248 e. The quantitative estimate of drug-likeness (QED) is 0.816. The molecule has 0 aliphatic carbocycles. The van der Waals surface area contributed by atoms with Crippen molar-refractivity contribution >= 4 is 40.9 Å². The van der Waals surface area contributed by atoms with Gasteiger partial charge in [-0.25, -0.2) is 0 Å². The van der Waals surface area contributed by atoms with Gasteiger partial charge in [0.1, 0.15) is 11.8 Å². The second-order valence-electron chi connectivity index (χ2n) is 6.81. The summed E-state index contributed by atoms with van der Waals surface area (Å²) in [6.07, 6.45) is 1.27. The number of hydrogen-bond donors (Lipinski definition) is 1. The van der Waals surface area contributed by atoms with Crippen LogP contribution in [0.5, 0.6) is 11.5 Å². The molecule has 140 valence electrons. The maximum atomic E-state index is 12.9. The van der Waals surface area contributed by atoms with E-state index in [2.05, 4.69) is 5.32 Å². The Bertz CT molecular complexity index is 892. The SMILES string of the molecule is C[C@@]12CCC(=O)N1[C@@H](C(=O)Nc1cc(Cl)ccc1Oc1ccccc1)CS2. The van der Waals surface area contributed by atoms with Gasteiger partial charge < -0.3 is 15.0 Å². The summed E-state index contributed by atoms with van der Waals surface area (Å²) in [6.45, 7) is 2.03. The van der Waals surface area contributed by atoms with Crippen molar-refractivity contribution in [2.45, 2.75) is 30.7 Å². The van der Waals surface area contributed by atoms with E-state index >= 15 is 0 Å². The third-order valence-electron chi connectivity index (χ3n) is 4.92. The summed E-state index contributed by atoms with van der Waals surface area (Å²) in [5.74, 6) is 1.56. The monoisotopic (exact) mass is 402 g/mol. The predicted octanol–water partition coefficient (Wildman–Crippen LogP) is 4.52. The first-order chi connectivity index (χ1) is 13.0. The van der Waals surface area contributed by atoms with E-state index in [1.54, 1.807) is 34.9 Å². The summed E-state index contributed by atoms with van der Waals surface area (Å²) in [7, 11) is 0. The Morgan fingerprint density at radius 1 is 1.30 bits per heavy atom. The molecule has 5 nitrogen and oxygen atoms in total. The summed E-state index contributed by atoms with van der Waals surface area (Å²) in [6, 6.07) is 13.9. The molecule has 1 N–H and O–H groups in total. The van der Waals surface area contributed by atoms with Crippen LogP contribution in [0, 0.1) is 0 Å². The van der Waals surface area contributed by atoms with Gasteiger partial charge in [0.15, 0.2) is 5.75 Å². The zero-order valence-corrected chi connectivity index (χ0v) is 16.3. The fourth-order valence-electron chi connectivity index (χ4n) is 3.54. The molecule has 0 saturated carbocycles. The van der Waals surface area contributed by atoms with Gasteiger partial charge in [-0.15, -0.1) is 11.8 Å². The van der Waals surface area contributed by atoms with E-state index in [9.17, 15) is 9.59 Å². The zero-order chi connectivity index (χ0) is 19.0. The third-order valence-corrected chi connectivity index (χ3v) is 6.66. The van der Waals surface area contributed by atoms with E-state index in [1.165, 1.54) is 0 Å². The highest BCUT2D eigenvalue weighted by Gasteiger charge is 2.52. The molecule has 2 fully saturated rings. The number of benzene rings is 2. The number of para-hydroxylation sites is 1. The number of thioether (sulfide) groups is 1. The lowest BCUT2D eigenvalue weighted by atomic mass is 10.2. The summed E-state index contributed by atoms with van der Waals surface area (Å²) in [5.41, 5.74) is 0.488. The summed E-state index contributed by atoms with van der Waals surface area (Å²) in [4.78, 5) is 26.7. The molecule has 2 aliphatic rings. The van der Waals surface area contributed by atoms with Crippen LogP contribution in [0.2, 0.25) is 5.02 Å². The van der Waals surface area contributed by atoms with E-state index in [-0.39, 0.29) is 16.7 Å². The van der Waals surface area contributed by atoms with Crippen LogP contribution in [-0.2, 0) is 9.59 Å². The smallest absolute Gasteiger partial charge is 0.248 e. The molecular formula is C20H19ClN2O3S. The number of carbonyl (C=O) groups excluding carboxylic acids is 2. The van der Waals surface area contributed by atoms with Crippen LogP contribution in [0.25, 0.3) is 0 Å². The first kappa shape index (κ1) is 18.2. The second-order valence-corrected chi connectivity index (χ2v) is 8.75. The fraction of sp³-hybridized carbons (Fsp3) is 0.300. The Kier molecular flexibility index (Phi) is 4.78. The molecular weight excluding hydrogens is 384 g/mol. The van der Waals surface area contributed by atoms with Gasteiger partial charge >= 0.3 is 0 Å². The molecule has 0 radical (unpaired) electrons. The molecule has 2 aromatic rings. The van der Waals surface area contributed by atoms with Crippen LogP contribution in [0.4, 0.5) is 5.69 Å². The van der Waals surface area contributed by atoms with Gasteiger partial charge in [-0.05, 0) is 43.7 Å². The summed E-state index contributed by atoms with van der Waals surface area (Å²) < 4.78 is 5.90. The van der Waals surface area contributed by atoms with Crippen LogP contribution in [-0.4, -0.2) is 33.4 Å². The topological polar surface area (TPSA) is 58.6 Å². The first-order valence-corrected chi connectivity index (χ1v) is 10.1. The molecule has 27 heavy (non-hydrogen) atoms. The minimum absolute atomic E-state index is 0.0366. The van der Waals surface area contributed by atoms with Crippen molar-refractivity contribution in [3.05, 3.63) is 53.6 Å². The van der Waals surface area contributed by atoms with Crippen LogP contribution >= 0.6 is 23.4 Å². The van der Waals surface area contributed by atoms with Gasteiger partial charge in [0.05, 0.1) is 10.6 Å². The lowest BCUT2D eigenvalue weighted by Gasteiger charge is -2.30. The second kappa shape index (κ2) is 7.09. The van der Waals surface area contributed by atoms with Crippen molar-refractivity contribution in [2.75, 3.05) is 11.1 Å². The fourth-order valence-corrected chi connectivity index (χ4v) is 5.14. The molecule has 2 amide bonds. The van der Waals surface area contributed by atoms with Gasteiger partial charge in [-0.2, -0.15) is 0 Å². The number of fused-ring (bicyclic) bond motifs is 1. The highest BCUT2D eigenvalue weighted by molar-refractivity contribution is 8.01. The average molecular weight is 403 g/mol. The number of rotatable bonds is 4. The lowest BCUT2D eigenvalue weighted by Crippen LogP contribution is -2.48. The molecule has 0 spiro atoms. The van der Waals surface area contributed by atoms with E-state index in [0.717, 1.165) is 6.42 Å². The van der Waals surface area contributed by atoms with Crippen molar-refractivity contribution in [2.24, 2.45) is 0 Å². The normalized spacial score (nSPS) is 24.0. The van der Waals surface area contributed by atoms with Crippen molar-refractivity contribution in [3.63, 3.8) is 0 Å². The number of halogens is 1. The predicted molar refractivity (Wildman–Crippen MR) is 107 cm³/mol. The molecule has 2 aromatic carbocycles. The number of hydrogen-bond acceptors (Lipinski definition) is 4. The molecule has 0 bridgehead atoms. The molecule has 2 heterocycles. The lowest BCUT2D eigenvalue weighted by molar-refractivity contribution is -0.135. The zero-order valence-electron chi connectivity index (χ0n) is 14.8. The molecule has 0 unspecified atom stereocenters. The van der Waals surface area contributed by atoms with E-state index in [4.69, 9.17) is 16.3 Å². The third kappa shape index (κ3) is 3.51. The van der Waals surface area contributed by atoms with Gasteiger partial charge in [0.2, 0.25) is 11.8 Å². The number of carbonyl (C=O) groups is 2. The molecule has 2 saturated heterocycles. The first-order valence-electron chi connectivity index (χ1n) is 8.76. The van der Waals surface area contributed by atoms with Gasteiger partial charge in [0, 0.05) is 17.2 Å². The number of ether oxygens (including phenoxy) is 1. The summed E-state index contributed by atoms with van der Waals surface area (Å²) in [5, 5.41) is 3.40. The summed E-state index contributed by atoms with van der Waals surface area (Å²) >= 11 is 7.78.